The average Bonchev–Trinajstić information content (AvgIpc) is 2.78. The first-order valence-electron chi connectivity index (χ1n) is 7.23. The average molecular weight is 316 g/mol. The van der Waals surface area contributed by atoms with E-state index in [0.717, 1.165) is 32.1 Å². The molecule has 1 amide bonds. The Hall–Kier alpha value is -1.34. The summed E-state index contributed by atoms with van der Waals surface area (Å²) in [7, 11) is -3.87. The van der Waals surface area contributed by atoms with Crippen LogP contribution in [-0.4, -0.2) is 20.4 Å². The number of aryl methyl sites for hydroxylation is 1. The molecule has 1 atom stereocenters. The monoisotopic (exact) mass is 316 g/mol. The van der Waals surface area contributed by atoms with Gasteiger partial charge in [0.1, 0.15) is 10.7 Å². The van der Waals surface area contributed by atoms with E-state index in [9.17, 15) is 13.2 Å². The number of amides is 1. The molecule has 0 bridgehead atoms. The largest absolute Gasteiger partial charge is 0.455 e. The Kier molecular flexibility index (Phi) is 6.42. The molecule has 3 N–H and O–H groups in total. The zero-order chi connectivity index (χ0) is 16.0. The molecule has 0 saturated carbocycles. The third kappa shape index (κ3) is 5.17. The van der Waals surface area contributed by atoms with Gasteiger partial charge in [0, 0.05) is 12.1 Å². The van der Waals surface area contributed by atoms with E-state index < -0.39 is 15.9 Å². The number of rotatable bonds is 8. The van der Waals surface area contributed by atoms with Crippen molar-refractivity contribution in [1.82, 2.24) is 5.32 Å². The number of primary sulfonamides is 1. The molecular weight excluding hydrogens is 292 g/mol. The minimum absolute atomic E-state index is 0.0193. The fraction of sp³-hybridized carbons (Fsp3) is 0.643. The highest BCUT2D eigenvalue weighted by molar-refractivity contribution is 7.89. The van der Waals surface area contributed by atoms with Gasteiger partial charge in [-0.25, -0.2) is 13.6 Å². The first-order valence-corrected chi connectivity index (χ1v) is 8.78. The number of carbonyl (C=O) groups is 1. The Balaban J connectivity index is 2.83. The Morgan fingerprint density at radius 1 is 1.33 bits per heavy atom. The number of nitrogens with one attached hydrogen (secondary N) is 1. The highest BCUT2D eigenvalue weighted by Gasteiger charge is 2.22. The third-order valence-corrected chi connectivity index (χ3v) is 4.30. The predicted molar refractivity (Wildman–Crippen MR) is 80.5 cm³/mol. The number of hydrogen-bond acceptors (Lipinski definition) is 4. The zero-order valence-electron chi connectivity index (χ0n) is 12.8. The molecule has 120 valence electrons. The molecule has 0 spiro atoms. The maximum absolute atomic E-state index is 12.1. The van der Waals surface area contributed by atoms with E-state index in [1.807, 2.05) is 0 Å². The molecular formula is C14H24N2O4S. The fourth-order valence-electron chi connectivity index (χ4n) is 2.20. The van der Waals surface area contributed by atoms with Crippen molar-refractivity contribution in [1.29, 1.82) is 0 Å². The summed E-state index contributed by atoms with van der Waals surface area (Å²) in [5.74, 6) is -0.292. The van der Waals surface area contributed by atoms with Gasteiger partial charge in [-0.3, -0.25) is 4.79 Å². The molecule has 1 aromatic heterocycles. The number of sulfonamides is 1. The number of furan rings is 1. The van der Waals surface area contributed by atoms with Crippen LogP contribution >= 0.6 is 0 Å². The molecule has 6 nitrogen and oxygen atoms in total. The summed E-state index contributed by atoms with van der Waals surface area (Å²) < 4.78 is 27.9. The van der Waals surface area contributed by atoms with Crippen LogP contribution in [0.4, 0.5) is 0 Å². The minimum Gasteiger partial charge on any atom is -0.455 e. The summed E-state index contributed by atoms with van der Waals surface area (Å²) in [6, 6.07) is 1.26. The van der Waals surface area contributed by atoms with Crippen molar-refractivity contribution in [2.45, 2.75) is 63.8 Å². The summed E-state index contributed by atoms with van der Waals surface area (Å²) in [4.78, 5) is 12.0. The zero-order valence-corrected chi connectivity index (χ0v) is 13.6. The maximum Gasteiger partial charge on any atom is 0.287 e. The van der Waals surface area contributed by atoms with Gasteiger partial charge < -0.3 is 9.73 Å². The van der Waals surface area contributed by atoms with Crippen molar-refractivity contribution >= 4 is 15.9 Å². The van der Waals surface area contributed by atoms with Gasteiger partial charge in [0.05, 0.1) is 0 Å². The highest BCUT2D eigenvalue weighted by atomic mass is 32.2. The molecule has 0 aromatic carbocycles. The van der Waals surface area contributed by atoms with Crippen LogP contribution in [-0.2, 0) is 10.0 Å². The molecule has 1 heterocycles. The van der Waals surface area contributed by atoms with E-state index in [0.29, 0.717) is 0 Å². The quantitative estimate of drug-likeness (QED) is 0.768. The van der Waals surface area contributed by atoms with Crippen molar-refractivity contribution in [3.63, 3.8) is 0 Å². The number of nitrogens with two attached hydrogens (primary N) is 1. The molecule has 0 aliphatic rings. The van der Waals surface area contributed by atoms with Crippen LogP contribution in [0.3, 0.4) is 0 Å². The summed E-state index contributed by atoms with van der Waals surface area (Å²) in [5.41, 5.74) is 0. The van der Waals surface area contributed by atoms with Crippen LogP contribution in [0.25, 0.3) is 0 Å². The standard InChI is InChI=1S/C14H24N2O4S/c1-4-6-8-11(7-5-2)16-14(17)12-9-13(10(3)20-12)21(15,18)19/h9,11H,4-8H2,1-3H3,(H,16,17)(H2,15,18,19). The Bertz CT molecular complexity index is 578. The van der Waals surface area contributed by atoms with Crippen LogP contribution in [0.5, 0.6) is 0 Å². The summed E-state index contributed by atoms with van der Waals surface area (Å²) >= 11 is 0. The normalized spacial score (nSPS) is 13.1. The second kappa shape index (κ2) is 7.61. The number of hydrogen-bond donors (Lipinski definition) is 2. The van der Waals surface area contributed by atoms with Crippen LogP contribution in [0.15, 0.2) is 15.4 Å². The van der Waals surface area contributed by atoms with Gasteiger partial charge in [0.15, 0.2) is 5.76 Å². The summed E-state index contributed by atoms with van der Waals surface area (Å²) in [6.45, 7) is 5.62. The first kappa shape index (κ1) is 17.7. The molecule has 1 unspecified atom stereocenters. The number of unbranched alkanes of at least 4 members (excludes halogenated alkanes) is 1. The minimum atomic E-state index is -3.87. The van der Waals surface area contributed by atoms with Gasteiger partial charge in [-0.2, -0.15) is 0 Å². The second-order valence-electron chi connectivity index (χ2n) is 5.18. The number of carbonyl (C=O) groups excluding carboxylic acids is 1. The summed E-state index contributed by atoms with van der Waals surface area (Å²) in [5, 5.41) is 7.96. The highest BCUT2D eigenvalue weighted by Crippen LogP contribution is 2.19. The van der Waals surface area contributed by atoms with E-state index in [-0.39, 0.29) is 22.5 Å². The van der Waals surface area contributed by atoms with Gasteiger partial charge in [-0.15, -0.1) is 0 Å². The first-order chi connectivity index (χ1) is 9.79. The Morgan fingerprint density at radius 3 is 2.48 bits per heavy atom. The van der Waals surface area contributed by atoms with Gasteiger partial charge in [-0.05, 0) is 19.8 Å². The lowest BCUT2D eigenvalue weighted by atomic mass is 10.1. The van der Waals surface area contributed by atoms with Crippen LogP contribution in [0.1, 0.15) is 62.3 Å². The lowest BCUT2D eigenvalue weighted by Gasteiger charge is -2.16. The van der Waals surface area contributed by atoms with Crippen LogP contribution < -0.4 is 10.5 Å². The smallest absolute Gasteiger partial charge is 0.287 e. The van der Waals surface area contributed by atoms with E-state index in [2.05, 4.69) is 19.2 Å². The van der Waals surface area contributed by atoms with Crippen LogP contribution in [0.2, 0.25) is 0 Å². The fourth-order valence-corrected chi connectivity index (χ4v) is 2.92. The predicted octanol–water partition coefficient (Wildman–Crippen LogP) is 2.32. The van der Waals surface area contributed by atoms with Gasteiger partial charge in [0.25, 0.3) is 5.91 Å². The Labute approximate surface area is 126 Å². The topological polar surface area (TPSA) is 102 Å². The van der Waals surface area contributed by atoms with Crippen molar-refractivity contribution in [3.05, 3.63) is 17.6 Å². The SMILES string of the molecule is CCCCC(CCC)NC(=O)c1cc(S(N)(=O)=O)c(C)o1. The molecule has 0 radical (unpaired) electrons. The lowest BCUT2D eigenvalue weighted by molar-refractivity contribution is 0.0902. The lowest BCUT2D eigenvalue weighted by Crippen LogP contribution is -2.34. The molecule has 0 saturated heterocycles. The van der Waals surface area contributed by atoms with Gasteiger partial charge in [-0.1, -0.05) is 33.1 Å². The molecule has 21 heavy (non-hydrogen) atoms. The second-order valence-corrected chi connectivity index (χ2v) is 6.71. The summed E-state index contributed by atoms with van der Waals surface area (Å²) in [6.07, 6.45) is 4.84. The third-order valence-electron chi connectivity index (χ3n) is 3.28. The maximum atomic E-state index is 12.1. The van der Waals surface area contributed by atoms with Crippen molar-refractivity contribution < 1.29 is 17.6 Å². The molecule has 0 aliphatic carbocycles. The molecule has 7 heteroatoms. The van der Waals surface area contributed by atoms with Gasteiger partial charge in [0.2, 0.25) is 10.0 Å². The van der Waals surface area contributed by atoms with Crippen LogP contribution in [0, 0.1) is 6.92 Å². The molecule has 0 fully saturated rings. The van der Waals surface area contributed by atoms with E-state index in [1.165, 1.54) is 13.0 Å². The van der Waals surface area contributed by atoms with Gasteiger partial charge >= 0.3 is 0 Å². The Morgan fingerprint density at radius 2 is 2.00 bits per heavy atom. The molecule has 1 aromatic rings. The van der Waals surface area contributed by atoms with E-state index in [1.54, 1.807) is 0 Å². The van der Waals surface area contributed by atoms with Crippen molar-refractivity contribution in [3.8, 4) is 0 Å². The van der Waals surface area contributed by atoms with E-state index in [4.69, 9.17) is 9.56 Å². The molecule has 0 aliphatic heterocycles. The van der Waals surface area contributed by atoms with Crippen molar-refractivity contribution in [2.24, 2.45) is 5.14 Å². The molecule has 1 rings (SSSR count). The van der Waals surface area contributed by atoms with E-state index >= 15 is 0 Å². The van der Waals surface area contributed by atoms with Crippen molar-refractivity contribution in [2.75, 3.05) is 0 Å².